The maximum absolute atomic E-state index is 13.2. The highest BCUT2D eigenvalue weighted by atomic mass is 16.5. The Balaban J connectivity index is 1.31. The molecule has 2 fully saturated rings. The Kier molecular flexibility index (Phi) is 8.80. The van der Waals surface area contributed by atoms with E-state index in [0.717, 1.165) is 24.5 Å². The van der Waals surface area contributed by atoms with E-state index < -0.39 is 6.04 Å². The minimum absolute atomic E-state index is 0.146. The fraction of sp³-hybridized carbons (Fsp3) is 0.407. The molecule has 2 aromatic rings. The molecule has 38 heavy (non-hydrogen) atoms. The van der Waals surface area contributed by atoms with Gasteiger partial charge in [-0.2, -0.15) is 0 Å². The van der Waals surface area contributed by atoms with E-state index in [9.17, 15) is 19.2 Å². The summed E-state index contributed by atoms with van der Waals surface area (Å²) in [6.45, 7) is 5.22. The maximum Gasteiger partial charge on any atom is 0.243 e. The minimum Gasteiger partial charge on any atom is -0.495 e. The van der Waals surface area contributed by atoms with E-state index in [1.165, 1.54) is 11.8 Å². The Bertz CT molecular complexity index is 1160. The monoisotopic (exact) mass is 522 g/mol. The number of anilines is 3. The molecule has 11 heteroatoms. The van der Waals surface area contributed by atoms with Gasteiger partial charge < -0.3 is 30.5 Å². The second-order valence-corrected chi connectivity index (χ2v) is 9.34. The number of hydrogen-bond acceptors (Lipinski definition) is 7. The molecule has 0 saturated carbocycles. The van der Waals surface area contributed by atoms with Gasteiger partial charge in [-0.1, -0.05) is 12.1 Å². The molecule has 2 heterocycles. The van der Waals surface area contributed by atoms with Crippen molar-refractivity contribution >= 4 is 40.7 Å². The zero-order valence-electron chi connectivity index (χ0n) is 21.7. The van der Waals surface area contributed by atoms with Crippen molar-refractivity contribution in [2.75, 3.05) is 68.5 Å². The average molecular weight is 523 g/mol. The van der Waals surface area contributed by atoms with Crippen molar-refractivity contribution in [3.8, 4) is 5.75 Å². The molecular formula is C27H34N6O5. The van der Waals surface area contributed by atoms with E-state index in [0.29, 0.717) is 37.6 Å². The van der Waals surface area contributed by atoms with Gasteiger partial charge in [0, 0.05) is 57.6 Å². The SMILES string of the molecule is COc1ccccc1N1CCN(CC(=O)N2CCNC(=O)[C@H]2CC(=O)Nc2ccc(NC(C)=O)cc2)CC1. The molecule has 0 aromatic heterocycles. The average Bonchev–Trinajstić information content (AvgIpc) is 2.91. The van der Waals surface area contributed by atoms with Gasteiger partial charge in [0.25, 0.3) is 0 Å². The molecule has 3 N–H and O–H groups in total. The van der Waals surface area contributed by atoms with Gasteiger partial charge in [-0.15, -0.1) is 0 Å². The topological polar surface area (TPSA) is 123 Å². The van der Waals surface area contributed by atoms with E-state index in [-0.39, 0.29) is 36.6 Å². The molecule has 0 unspecified atom stereocenters. The van der Waals surface area contributed by atoms with Crippen LogP contribution in [0.25, 0.3) is 0 Å². The summed E-state index contributed by atoms with van der Waals surface area (Å²) >= 11 is 0. The summed E-state index contributed by atoms with van der Waals surface area (Å²) < 4.78 is 5.48. The van der Waals surface area contributed by atoms with E-state index in [2.05, 4.69) is 25.8 Å². The van der Waals surface area contributed by atoms with Crippen LogP contribution in [0.2, 0.25) is 0 Å². The van der Waals surface area contributed by atoms with Gasteiger partial charge >= 0.3 is 0 Å². The molecule has 0 aliphatic carbocycles. The summed E-state index contributed by atoms with van der Waals surface area (Å²) in [4.78, 5) is 55.6. The van der Waals surface area contributed by atoms with Crippen molar-refractivity contribution in [3.05, 3.63) is 48.5 Å². The third kappa shape index (κ3) is 6.80. The number of carbonyl (C=O) groups is 4. The number of benzene rings is 2. The highest BCUT2D eigenvalue weighted by molar-refractivity contribution is 5.98. The largest absolute Gasteiger partial charge is 0.495 e. The van der Waals surface area contributed by atoms with Crippen molar-refractivity contribution in [1.82, 2.24) is 15.1 Å². The smallest absolute Gasteiger partial charge is 0.243 e. The molecule has 2 aromatic carbocycles. The lowest BCUT2D eigenvalue weighted by Gasteiger charge is -2.39. The zero-order chi connectivity index (χ0) is 27.1. The van der Waals surface area contributed by atoms with Crippen molar-refractivity contribution < 1.29 is 23.9 Å². The number of methoxy groups -OCH3 is 1. The molecule has 2 aliphatic heterocycles. The van der Waals surface area contributed by atoms with Crippen LogP contribution in [0.3, 0.4) is 0 Å². The lowest BCUT2D eigenvalue weighted by Crippen LogP contribution is -2.60. The summed E-state index contributed by atoms with van der Waals surface area (Å²) in [7, 11) is 1.66. The van der Waals surface area contributed by atoms with Gasteiger partial charge in [-0.3, -0.25) is 24.1 Å². The summed E-state index contributed by atoms with van der Waals surface area (Å²) in [5, 5.41) is 8.19. The lowest BCUT2D eigenvalue weighted by molar-refractivity contribution is -0.145. The maximum atomic E-state index is 13.2. The highest BCUT2D eigenvalue weighted by Crippen LogP contribution is 2.28. The Labute approximate surface area is 222 Å². The second kappa shape index (κ2) is 12.4. The summed E-state index contributed by atoms with van der Waals surface area (Å²) in [5.74, 6) is -0.235. The van der Waals surface area contributed by atoms with Gasteiger partial charge in [-0.25, -0.2) is 0 Å². The molecule has 4 amide bonds. The van der Waals surface area contributed by atoms with Gasteiger partial charge in [0.1, 0.15) is 11.8 Å². The molecule has 0 spiro atoms. The lowest BCUT2D eigenvalue weighted by atomic mass is 10.1. The summed E-state index contributed by atoms with van der Waals surface area (Å²) in [5.41, 5.74) is 2.18. The number of rotatable bonds is 8. The van der Waals surface area contributed by atoms with E-state index in [4.69, 9.17) is 4.74 Å². The Morgan fingerprint density at radius 3 is 2.26 bits per heavy atom. The molecule has 2 aliphatic rings. The van der Waals surface area contributed by atoms with Gasteiger partial charge in [0.15, 0.2) is 0 Å². The Morgan fingerprint density at radius 2 is 1.61 bits per heavy atom. The molecule has 1 atom stereocenters. The zero-order valence-corrected chi connectivity index (χ0v) is 21.7. The van der Waals surface area contributed by atoms with Crippen molar-refractivity contribution in [3.63, 3.8) is 0 Å². The number of amides is 4. The number of hydrogen-bond donors (Lipinski definition) is 3. The number of para-hydroxylation sites is 2. The van der Waals surface area contributed by atoms with Crippen molar-refractivity contribution in [2.24, 2.45) is 0 Å². The minimum atomic E-state index is -0.871. The second-order valence-electron chi connectivity index (χ2n) is 9.34. The third-order valence-corrected chi connectivity index (χ3v) is 6.68. The first kappa shape index (κ1) is 26.9. The highest BCUT2D eigenvalue weighted by Gasteiger charge is 2.35. The molecule has 202 valence electrons. The van der Waals surface area contributed by atoms with Crippen molar-refractivity contribution in [2.45, 2.75) is 19.4 Å². The normalized spacial score (nSPS) is 17.9. The predicted molar refractivity (Wildman–Crippen MR) is 144 cm³/mol. The standard InChI is InChI=1S/C27H34N6O5/c1-19(34)29-20-7-9-21(10-8-20)30-25(35)17-23-27(37)28-11-12-33(23)26(36)18-31-13-15-32(16-14-31)22-5-3-4-6-24(22)38-2/h3-10,23H,11-18H2,1-2H3,(H,28,37)(H,29,34)(H,30,35)/t23-/m1/s1. The number of piperazine rings is 2. The number of nitrogens with one attached hydrogen (secondary N) is 3. The molecule has 0 radical (unpaired) electrons. The molecule has 4 rings (SSSR count). The third-order valence-electron chi connectivity index (χ3n) is 6.68. The first-order chi connectivity index (χ1) is 18.3. The van der Waals surface area contributed by atoms with Crippen molar-refractivity contribution in [1.29, 1.82) is 0 Å². The Hall–Kier alpha value is -4.12. The Morgan fingerprint density at radius 1 is 0.947 bits per heavy atom. The van der Waals surface area contributed by atoms with Gasteiger partial charge in [0.05, 0.1) is 25.8 Å². The van der Waals surface area contributed by atoms with Crippen LogP contribution in [0.4, 0.5) is 17.1 Å². The summed E-state index contributed by atoms with van der Waals surface area (Å²) in [6.07, 6.45) is -0.146. The van der Waals surface area contributed by atoms with Gasteiger partial charge in [-0.05, 0) is 36.4 Å². The molecule has 11 nitrogen and oxygen atoms in total. The first-order valence-corrected chi connectivity index (χ1v) is 12.7. The van der Waals surface area contributed by atoms with Crippen LogP contribution >= 0.6 is 0 Å². The van der Waals surface area contributed by atoms with Crippen LogP contribution in [0, 0.1) is 0 Å². The van der Waals surface area contributed by atoms with Crippen LogP contribution in [0.15, 0.2) is 48.5 Å². The van der Waals surface area contributed by atoms with E-state index in [1.807, 2.05) is 24.3 Å². The van der Waals surface area contributed by atoms with Crippen LogP contribution in [-0.4, -0.2) is 92.4 Å². The van der Waals surface area contributed by atoms with E-state index in [1.54, 1.807) is 31.4 Å². The fourth-order valence-corrected chi connectivity index (χ4v) is 4.76. The number of nitrogens with zero attached hydrogens (tertiary/aromatic N) is 3. The first-order valence-electron chi connectivity index (χ1n) is 12.7. The molecule has 0 bridgehead atoms. The number of carbonyl (C=O) groups excluding carboxylic acids is 4. The number of ether oxygens (including phenoxy) is 1. The fourth-order valence-electron chi connectivity index (χ4n) is 4.76. The van der Waals surface area contributed by atoms with Crippen LogP contribution in [0.5, 0.6) is 5.75 Å². The summed E-state index contributed by atoms with van der Waals surface area (Å²) in [6, 6.07) is 13.7. The van der Waals surface area contributed by atoms with Crippen LogP contribution < -0.4 is 25.6 Å². The van der Waals surface area contributed by atoms with Crippen LogP contribution in [-0.2, 0) is 19.2 Å². The van der Waals surface area contributed by atoms with Crippen LogP contribution in [0.1, 0.15) is 13.3 Å². The van der Waals surface area contributed by atoms with E-state index >= 15 is 0 Å². The van der Waals surface area contributed by atoms with Gasteiger partial charge in [0.2, 0.25) is 23.6 Å². The quantitative estimate of drug-likeness (QED) is 0.475. The molecular weight excluding hydrogens is 488 g/mol. The predicted octanol–water partition coefficient (Wildman–Crippen LogP) is 1.13. The molecule has 2 saturated heterocycles.